The fourth-order valence-corrected chi connectivity index (χ4v) is 3.84. The van der Waals surface area contributed by atoms with Crippen LogP contribution in [0.1, 0.15) is 26.3 Å². The average Bonchev–Trinajstić information content (AvgIpc) is 3.01. The molecule has 1 aromatic heterocycles. The van der Waals surface area contributed by atoms with Gasteiger partial charge in [-0.2, -0.15) is 0 Å². The Balaban J connectivity index is 2.69. The summed E-state index contributed by atoms with van der Waals surface area (Å²) in [4.78, 5) is 61.9. The largest absolute Gasteiger partial charge is 0.372 e. The molecule has 0 aliphatic heterocycles. The van der Waals surface area contributed by atoms with Crippen molar-refractivity contribution in [3.05, 3.63) is 53.4 Å². The average molecular weight is 490 g/mol. The number of nitro groups is 1. The number of benzene rings is 1. The van der Waals surface area contributed by atoms with Gasteiger partial charge in [-0.15, -0.1) is 11.3 Å². The van der Waals surface area contributed by atoms with Crippen molar-refractivity contribution >= 4 is 52.6 Å². The number of thiazole rings is 1. The van der Waals surface area contributed by atoms with E-state index in [-0.39, 0.29) is 20.7 Å². The molecule has 11 nitrogen and oxygen atoms in total. The third-order valence-corrected chi connectivity index (χ3v) is 5.75. The molecule has 182 valence electrons. The molecule has 0 atom stereocenters. The van der Waals surface area contributed by atoms with Gasteiger partial charge in [0, 0.05) is 38.7 Å². The number of imide groups is 1. The van der Waals surface area contributed by atoms with Gasteiger partial charge in [0.2, 0.25) is 5.91 Å². The third-order valence-electron chi connectivity index (χ3n) is 4.69. The first-order chi connectivity index (χ1) is 15.7. The van der Waals surface area contributed by atoms with Crippen LogP contribution in [-0.4, -0.2) is 48.4 Å². The summed E-state index contributed by atoms with van der Waals surface area (Å²) in [5.74, 6) is -0.999. The van der Waals surface area contributed by atoms with Crippen LogP contribution >= 0.6 is 11.3 Å². The molecule has 34 heavy (non-hydrogen) atoms. The molecule has 2 rings (SSSR count). The Bertz CT molecular complexity index is 1320. The molecular formula is C22H27N5O6S. The highest BCUT2D eigenvalue weighted by atomic mass is 32.1. The summed E-state index contributed by atoms with van der Waals surface area (Å²) in [5.41, 5.74) is -0.603. The zero-order chi connectivity index (χ0) is 25.8. The monoisotopic (exact) mass is 489 g/mol. The number of amides is 3. The van der Waals surface area contributed by atoms with Crippen molar-refractivity contribution in [3.8, 4) is 0 Å². The molecule has 0 unspecified atom stereocenters. The highest BCUT2D eigenvalue weighted by Crippen LogP contribution is 2.27. The molecule has 0 saturated heterocycles. The number of carbonyl (C=O) groups excluding carboxylic acids is 3. The van der Waals surface area contributed by atoms with Crippen LogP contribution in [0.2, 0.25) is 0 Å². The van der Waals surface area contributed by atoms with Crippen molar-refractivity contribution in [3.63, 3.8) is 0 Å². The number of carbonyl (C=O) groups is 3. The Kier molecular flexibility index (Phi) is 8.11. The minimum atomic E-state index is -0.741. The van der Waals surface area contributed by atoms with Gasteiger partial charge in [0.15, 0.2) is 5.78 Å². The zero-order valence-corrected chi connectivity index (χ0v) is 20.6. The standard InChI is InChI=1S/C22H27N5O6S/c1-22(2,3)17(28)11-19-26(12-18(29)24-21(31)23-4)20(30)16(34-19)10-13-7-8-14(25(5)6)15(9-13)27(32)33/h7-11H,12H2,1-6H3,(H2,23,24,29,31). The minimum absolute atomic E-state index is 0.129. The first-order valence-electron chi connectivity index (χ1n) is 10.2. The van der Waals surface area contributed by atoms with Crippen molar-refractivity contribution in [2.45, 2.75) is 27.3 Å². The molecule has 2 N–H and O–H groups in total. The van der Waals surface area contributed by atoms with Crippen molar-refractivity contribution in [2.75, 3.05) is 26.0 Å². The van der Waals surface area contributed by atoms with Gasteiger partial charge in [-0.05, 0) is 17.7 Å². The van der Waals surface area contributed by atoms with Crippen molar-refractivity contribution in [1.82, 2.24) is 15.2 Å². The quantitative estimate of drug-likeness (QED) is 0.446. The molecule has 0 saturated carbocycles. The minimum Gasteiger partial charge on any atom is -0.372 e. The summed E-state index contributed by atoms with van der Waals surface area (Å²) in [7, 11) is 4.71. The molecule has 12 heteroatoms. The van der Waals surface area contributed by atoms with Crippen LogP contribution in [0, 0.1) is 15.5 Å². The molecule has 1 aromatic carbocycles. The highest BCUT2D eigenvalue weighted by Gasteiger charge is 2.20. The van der Waals surface area contributed by atoms with E-state index in [0.29, 0.717) is 11.3 Å². The number of Topliss-reactive ketones (excluding diaryl/α,β-unsaturated/α-hetero) is 1. The second-order valence-corrected chi connectivity index (χ2v) is 9.69. The van der Waals surface area contributed by atoms with Gasteiger partial charge in [-0.1, -0.05) is 26.8 Å². The van der Waals surface area contributed by atoms with Gasteiger partial charge in [0.05, 0.1) is 9.46 Å². The van der Waals surface area contributed by atoms with Crippen LogP contribution < -0.4 is 30.3 Å². The van der Waals surface area contributed by atoms with Crippen LogP contribution in [0.3, 0.4) is 0 Å². The predicted molar refractivity (Wildman–Crippen MR) is 130 cm³/mol. The molecule has 0 aliphatic rings. The van der Waals surface area contributed by atoms with Crippen LogP contribution in [-0.2, 0) is 16.1 Å². The highest BCUT2D eigenvalue weighted by molar-refractivity contribution is 7.07. The van der Waals surface area contributed by atoms with E-state index in [1.54, 1.807) is 51.9 Å². The lowest BCUT2D eigenvalue weighted by Gasteiger charge is -2.12. The molecule has 0 spiro atoms. The fraction of sp³-hybridized carbons (Fsp3) is 0.364. The number of urea groups is 1. The van der Waals surface area contributed by atoms with Crippen molar-refractivity contribution < 1.29 is 19.3 Å². The Morgan fingerprint density at radius 1 is 1.24 bits per heavy atom. The van der Waals surface area contributed by atoms with Crippen molar-refractivity contribution in [2.24, 2.45) is 5.41 Å². The second-order valence-electron chi connectivity index (χ2n) is 8.63. The Hall–Kier alpha value is -3.80. The summed E-state index contributed by atoms with van der Waals surface area (Å²) in [5, 5.41) is 15.8. The maximum atomic E-state index is 13.1. The number of aromatic nitrogens is 1. The molecular weight excluding hydrogens is 462 g/mol. The second kappa shape index (κ2) is 10.4. The van der Waals surface area contributed by atoms with E-state index < -0.39 is 34.4 Å². The van der Waals surface area contributed by atoms with Gasteiger partial charge >= 0.3 is 6.03 Å². The topological polar surface area (TPSA) is 144 Å². The summed E-state index contributed by atoms with van der Waals surface area (Å²) in [6.45, 7) is 4.68. The number of anilines is 1. The Morgan fingerprint density at radius 3 is 2.41 bits per heavy atom. The Morgan fingerprint density at radius 2 is 1.88 bits per heavy atom. The van der Waals surface area contributed by atoms with Crippen LogP contribution in [0.5, 0.6) is 0 Å². The van der Waals surface area contributed by atoms with E-state index >= 15 is 0 Å². The summed E-state index contributed by atoms with van der Waals surface area (Å²) in [6.07, 6.45) is 2.75. The summed E-state index contributed by atoms with van der Waals surface area (Å²) < 4.78 is 1.50. The van der Waals surface area contributed by atoms with Gasteiger partial charge in [-0.25, -0.2) is 4.79 Å². The molecule has 0 aliphatic carbocycles. The van der Waals surface area contributed by atoms with Gasteiger partial charge in [-0.3, -0.25) is 34.4 Å². The predicted octanol–water partition coefficient (Wildman–Crippen LogP) is 0.564. The van der Waals surface area contributed by atoms with E-state index in [1.807, 2.05) is 0 Å². The fourth-order valence-electron chi connectivity index (χ4n) is 2.80. The Labute approximate surface area is 199 Å². The number of hydrogen-bond donors (Lipinski definition) is 2. The smallest absolute Gasteiger partial charge is 0.321 e. The van der Waals surface area contributed by atoms with E-state index in [4.69, 9.17) is 0 Å². The maximum Gasteiger partial charge on any atom is 0.321 e. The van der Waals surface area contributed by atoms with Gasteiger partial charge < -0.3 is 10.2 Å². The van der Waals surface area contributed by atoms with Crippen LogP contribution in [0.25, 0.3) is 12.2 Å². The van der Waals surface area contributed by atoms with E-state index in [0.717, 1.165) is 15.9 Å². The summed E-state index contributed by atoms with van der Waals surface area (Å²) in [6, 6.07) is 3.82. The molecule has 0 fully saturated rings. The number of nitrogens with zero attached hydrogens (tertiary/aromatic N) is 3. The molecule has 3 amide bonds. The molecule has 1 heterocycles. The van der Waals surface area contributed by atoms with E-state index in [1.165, 1.54) is 25.3 Å². The first-order valence-corrected chi connectivity index (χ1v) is 11.0. The van der Waals surface area contributed by atoms with Crippen molar-refractivity contribution in [1.29, 1.82) is 0 Å². The van der Waals surface area contributed by atoms with E-state index in [9.17, 15) is 29.3 Å². The van der Waals surface area contributed by atoms with Gasteiger partial charge in [0.25, 0.3) is 11.2 Å². The van der Waals surface area contributed by atoms with Crippen LogP contribution in [0.15, 0.2) is 23.0 Å². The number of hydrogen-bond acceptors (Lipinski definition) is 8. The van der Waals surface area contributed by atoms with E-state index in [2.05, 4.69) is 10.6 Å². The number of rotatable bonds is 6. The lowest BCUT2D eigenvalue weighted by molar-refractivity contribution is -0.384. The number of ketones is 1. The molecule has 2 aromatic rings. The maximum absolute atomic E-state index is 13.1. The first kappa shape index (κ1) is 26.5. The lowest BCUT2D eigenvalue weighted by atomic mass is 9.91. The zero-order valence-electron chi connectivity index (χ0n) is 19.8. The number of nitrogens with one attached hydrogen (secondary N) is 2. The molecule has 0 bridgehead atoms. The normalized spacial score (nSPS) is 12.4. The van der Waals surface area contributed by atoms with Crippen LogP contribution in [0.4, 0.5) is 16.2 Å². The third kappa shape index (κ3) is 6.38. The molecule has 0 radical (unpaired) electrons. The SMILES string of the molecule is CNC(=O)NC(=O)Cn1c(=CC(=O)C(C)(C)C)sc(=Cc2ccc(N(C)C)c([N+](=O)[O-])c2)c1=O. The lowest BCUT2D eigenvalue weighted by Crippen LogP contribution is -2.43. The van der Waals surface area contributed by atoms with Gasteiger partial charge in [0.1, 0.15) is 16.9 Å². The summed E-state index contributed by atoms with van der Waals surface area (Å²) >= 11 is 0.974. The number of nitro benzene ring substituents is 1.